The van der Waals surface area contributed by atoms with E-state index >= 15 is 0 Å². The van der Waals surface area contributed by atoms with Crippen molar-refractivity contribution in [2.75, 3.05) is 5.73 Å². The lowest BCUT2D eigenvalue weighted by Crippen LogP contribution is -2.01. The average molecular weight is 229 g/mol. The molecular formula is C10H7N5O2. The van der Waals surface area contributed by atoms with Crippen molar-refractivity contribution >= 4 is 28.3 Å². The second kappa shape index (κ2) is 3.14. The number of aromatic nitrogens is 3. The normalized spacial score (nSPS) is 11.1. The molecule has 2 N–H and O–H groups in total. The Morgan fingerprint density at radius 1 is 1.29 bits per heavy atom. The molecule has 0 aliphatic carbocycles. The zero-order valence-electron chi connectivity index (χ0n) is 8.57. The molecule has 0 radical (unpaired) electrons. The van der Waals surface area contributed by atoms with E-state index in [1.54, 1.807) is 24.3 Å². The van der Waals surface area contributed by atoms with E-state index in [0.29, 0.717) is 16.6 Å². The summed E-state index contributed by atoms with van der Waals surface area (Å²) < 4.78 is 1.40. The Morgan fingerprint density at radius 2 is 2.06 bits per heavy atom. The van der Waals surface area contributed by atoms with Crippen LogP contribution in [-0.2, 0) is 0 Å². The van der Waals surface area contributed by atoms with E-state index in [9.17, 15) is 10.1 Å². The minimum atomic E-state index is -0.543. The van der Waals surface area contributed by atoms with Crippen LogP contribution in [-0.4, -0.2) is 19.3 Å². The number of nitrogen functional groups attached to an aromatic ring is 1. The topological polar surface area (TPSA) is 99.3 Å². The van der Waals surface area contributed by atoms with Crippen LogP contribution < -0.4 is 5.73 Å². The summed E-state index contributed by atoms with van der Waals surface area (Å²) in [6, 6.07) is 7.06. The first kappa shape index (κ1) is 9.52. The third kappa shape index (κ3) is 1.22. The molecule has 84 valence electrons. The highest BCUT2D eigenvalue weighted by molar-refractivity contribution is 5.84. The summed E-state index contributed by atoms with van der Waals surface area (Å²) in [6.07, 6.45) is 1.35. The van der Waals surface area contributed by atoms with Gasteiger partial charge in [-0.2, -0.15) is 4.40 Å². The second-order valence-electron chi connectivity index (χ2n) is 3.52. The summed E-state index contributed by atoms with van der Waals surface area (Å²) >= 11 is 0. The van der Waals surface area contributed by atoms with Gasteiger partial charge < -0.3 is 15.8 Å². The number of nitrogens with zero attached hydrogens (tertiary/aromatic N) is 4. The van der Waals surface area contributed by atoms with Crippen molar-refractivity contribution in [2.24, 2.45) is 0 Å². The van der Waals surface area contributed by atoms with Gasteiger partial charge in [0.1, 0.15) is 17.2 Å². The Kier molecular flexibility index (Phi) is 1.76. The molecule has 17 heavy (non-hydrogen) atoms. The lowest BCUT2D eigenvalue weighted by Gasteiger charge is -2.01. The maximum absolute atomic E-state index is 10.9. The van der Waals surface area contributed by atoms with Gasteiger partial charge in [0, 0.05) is 0 Å². The van der Waals surface area contributed by atoms with Crippen LogP contribution in [0.15, 0.2) is 30.5 Å². The molecule has 0 unspecified atom stereocenters. The number of hydrogen-bond donors (Lipinski definition) is 1. The van der Waals surface area contributed by atoms with E-state index in [4.69, 9.17) is 5.73 Å². The fraction of sp³-hybridized carbons (Fsp3) is 0. The molecule has 7 heteroatoms. The SMILES string of the molecule is Nc1nc2ccccc2n2c([N+](=O)[O-])ncc12. The first-order valence-corrected chi connectivity index (χ1v) is 4.84. The Bertz CT molecular complexity index is 749. The first-order chi connectivity index (χ1) is 8.18. The summed E-state index contributed by atoms with van der Waals surface area (Å²) in [5, 5.41) is 10.9. The number of nitrogens with two attached hydrogens (primary N) is 1. The van der Waals surface area contributed by atoms with E-state index in [0.717, 1.165) is 0 Å². The summed E-state index contributed by atoms with van der Waals surface area (Å²) in [5.41, 5.74) is 7.39. The van der Waals surface area contributed by atoms with Crippen LogP contribution in [0.5, 0.6) is 0 Å². The summed E-state index contributed by atoms with van der Waals surface area (Å²) in [6.45, 7) is 0. The second-order valence-corrected chi connectivity index (χ2v) is 3.52. The molecule has 0 saturated heterocycles. The molecule has 0 bridgehead atoms. The highest BCUT2D eigenvalue weighted by Crippen LogP contribution is 2.24. The number of nitro groups is 1. The molecule has 0 amide bonds. The molecule has 2 aromatic heterocycles. The van der Waals surface area contributed by atoms with Gasteiger partial charge in [-0.25, -0.2) is 4.98 Å². The molecule has 1 aromatic carbocycles. The van der Waals surface area contributed by atoms with E-state index in [-0.39, 0.29) is 11.8 Å². The first-order valence-electron chi connectivity index (χ1n) is 4.84. The maximum Gasteiger partial charge on any atom is 0.440 e. The Labute approximate surface area is 94.7 Å². The van der Waals surface area contributed by atoms with Crippen LogP contribution in [0.25, 0.3) is 16.6 Å². The summed E-state index contributed by atoms with van der Waals surface area (Å²) in [5.74, 6) is -0.0328. The van der Waals surface area contributed by atoms with Gasteiger partial charge in [0.15, 0.2) is 11.3 Å². The molecule has 2 heterocycles. The Morgan fingerprint density at radius 3 is 2.82 bits per heavy atom. The molecule has 0 aliphatic rings. The molecular weight excluding hydrogens is 222 g/mol. The van der Waals surface area contributed by atoms with E-state index < -0.39 is 4.92 Å². The van der Waals surface area contributed by atoms with Crippen LogP contribution in [0, 0.1) is 10.1 Å². The van der Waals surface area contributed by atoms with Crippen LogP contribution in [0.3, 0.4) is 0 Å². The number of rotatable bonds is 1. The quantitative estimate of drug-likeness (QED) is 0.501. The number of hydrogen-bond acceptors (Lipinski definition) is 5. The number of para-hydroxylation sites is 2. The lowest BCUT2D eigenvalue weighted by atomic mass is 10.3. The molecule has 0 fully saturated rings. The van der Waals surface area contributed by atoms with Crippen molar-refractivity contribution < 1.29 is 4.92 Å². The van der Waals surface area contributed by atoms with Gasteiger partial charge in [0.2, 0.25) is 0 Å². The van der Waals surface area contributed by atoms with Gasteiger partial charge >= 0.3 is 5.95 Å². The summed E-state index contributed by atoms with van der Waals surface area (Å²) in [4.78, 5) is 18.3. The number of benzene rings is 1. The summed E-state index contributed by atoms with van der Waals surface area (Å²) in [7, 11) is 0. The fourth-order valence-electron chi connectivity index (χ4n) is 1.82. The molecule has 0 spiro atoms. The lowest BCUT2D eigenvalue weighted by molar-refractivity contribution is -0.394. The maximum atomic E-state index is 10.9. The van der Waals surface area contributed by atoms with Crippen molar-refractivity contribution in [1.29, 1.82) is 0 Å². The van der Waals surface area contributed by atoms with Crippen molar-refractivity contribution in [2.45, 2.75) is 0 Å². The molecule has 0 atom stereocenters. The molecule has 7 nitrogen and oxygen atoms in total. The molecule has 0 aliphatic heterocycles. The van der Waals surface area contributed by atoms with E-state index in [1.165, 1.54) is 10.6 Å². The minimum absolute atomic E-state index is 0.226. The van der Waals surface area contributed by atoms with Crippen molar-refractivity contribution in [1.82, 2.24) is 14.4 Å². The van der Waals surface area contributed by atoms with E-state index in [1.807, 2.05) is 0 Å². The largest absolute Gasteiger partial charge is 0.440 e. The van der Waals surface area contributed by atoms with Gasteiger partial charge in [-0.05, 0) is 17.1 Å². The predicted octanol–water partition coefficient (Wildman–Crippen LogP) is 1.37. The third-order valence-corrected chi connectivity index (χ3v) is 2.53. The third-order valence-electron chi connectivity index (χ3n) is 2.53. The van der Waals surface area contributed by atoms with Crippen molar-refractivity contribution in [3.8, 4) is 0 Å². The van der Waals surface area contributed by atoms with Gasteiger partial charge in [-0.15, -0.1) is 0 Å². The molecule has 0 saturated carbocycles. The molecule has 3 rings (SSSR count). The Balaban J connectivity index is 2.61. The van der Waals surface area contributed by atoms with Gasteiger partial charge in [-0.1, -0.05) is 17.1 Å². The van der Waals surface area contributed by atoms with Crippen LogP contribution >= 0.6 is 0 Å². The smallest absolute Gasteiger partial charge is 0.390 e. The van der Waals surface area contributed by atoms with Crippen LogP contribution in [0.2, 0.25) is 0 Å². The van der Waals surface area contributed by atoms with Gasteiger partial charge in [-0.3, -0.25) is 0 Å². The molecule has 3 aromatic rings. The van der Waals surface area contributed by atoms with E-state index in [2.05, 4.69) is 9.97 Å². The van der Waals surface area contributed by atoms with Crippen molar-refractivity contribution in [3.63, 3.8) is 0 Å². The average Bonchev–Trinajstić information content (AvgIpc) is 2.74. The number of imidazole rings is 1. The Hall–Kier alpha value is -2.70. The highest BCUT2D eigenvalue weighted by Gasteiger charge is 2.20. The van der Waals surface area contributed by atoms with Gasteiger partial charge in [0.25, 0.3) is 0 Å². The number of anilines is 1. The highest BCUT2D eigenvalue weighted by atomic mass is 16.6. The predicted molar refractivity (Wildman–Crippen MR) is 61.6 cm³/mol. The monoisotopic (exact) mass is 229 g/mol. The minimum Gasteiger partial charge on any atom is -0.390 e. The fourth-order valence-corrected chi connectivity index (χ4v) is 1.82. The van der Waals surface area contributed by atoms with Crippen LogP contribution in [0.4, 0.5) is 11.8 Å². The number of fused-ring (bicyclic) bond motifs is 3. The zero-order chi connectivity index (χ0) is 12.0. The standard InChI is InChI=1S/C10H7N5O2/c11-9-8-5-12-10(15(16)17)14(8)7-4-2-1-3-6(7)13-9/h1-5H,(H2,11,13). The van der Waals surface area contributed by atoms with Crippen LogP contribution in [0.1, 0.15) is 0 Å². The van der Waals surface area contributed by atoms with Crippen molar-refractivity contribution in [3.05, 3.63) is 40.6 Å². The van der Waals surface area contributed by atoms with Gasteiger partial charge in [0.05, 0.1) is 0 Å². The zero-order valence-corrected chi connectivity index (χ0v) is 8.57.